The van der Waals surface area contributed by atoms with Crippen molar-refractivity contribution in [3.63, 3.8) is 0 Å². The third kappa shape index (κ3) is 3.32. The molecule has 0 saturated carbocycles. The van der Waals surface area contributed by atoms with Gasteiger partial charge in [-0.05, 0) is 55.4 Å². The number of amides is 1. The maximum absolute atomic E-state index is 13.0. The second-order valence-corrected chi connectivity index (χ2v) is 8.04. The highest BCUT2D eigenvalue weighted by Gasteiger charge is 2.23. The number of hydrogen-bond acceptors (Lipinski definition) is 2. The highest BCUT2D eigenvalue weighted by Crippen LogP contribution is 2.30. The van der Waals surface area contributed by atoms with E-state index in [1.807, 2.05) is 11.0 Å². The molecule has 1 aliphatic heterocycles. The van der Waals surface area contributed by atoms with Crippen LogP contribution in [0.5, 0.6) is 0 Å². The van der Waals surface area contributed by atoms with Crippen LogP contribution >= 0.6 is 0 Å². The molecule has 1 fully saturated rings. The Balaban J connectivity index is 1.51. The molecule has 0 atom stereocenters. The molecule has 0 radical (unpaired) electrons. The molecule has 134 valence electrons. The summed E-state index contributed by atoms with van der Waals surface area (Å²) in [5, 5.41) is 1.26. The number of fused-ring (bicyclic) bond motifs is 3. The van der Waals surface area contributed by atoms with Crippen molar-refractivity contribution in [2.75, 3.05) is 32.7 Å². The summed E-state index contributed by atoms with van der Waals surface area (Å²) in [6.07, 6.45) is 4.81. The SMILES string of the molecule is CC(C)CN1CCN(C(=O)c2ccc3[nH]c4c(c3c2)CCCC4)CC1. The zero-order valence-electron chi connectivity index (χ0n) is 15.5. The predicted octanol–water partition coefficient (Wildman–Crippen LogP) is 3.46. The summed E-state index contributed by atoms with van der Waals surface area (Å²) in [6, 6.07) is 6.21. The second-order valence-electron chi connectivity index (χ2n) is 8.04. The van der Waals surface area contributed by atoms with Crippen molar-refractivity contribution in [2.45, 2.75) is 39.5 Å². The first-order chi connectivity index (χ1) is 12.1. The van der Waals surface area contributed by atoms with E-state index in [0.29, 0.717) is 5.92 Å². The van der Waals surface area contributed by atoms with Crippen molar-refractivity contribution >= 4 is 16.8 Å². The largest absolute Gasteiger partial charge is 0.358 e. The van der Waals surface area contributed by atoms with Gasteiger partial charge in [0.1, 0.15) is 0 Å². The second kappa shape index (κ2) is 6.83. The molecule has 0 bridgehead atoms. The maximum Gasteiger partial charge on any atom is 0.253 e. The topological polar surface area (TPSA) is 39.3 Å². The van der Waals surface area contributed by atoms with E-state index in [1.54, 1.807) is 0 Å². The Morgan fingerprint density at radius 3 is 2.64 bits per heavy atom. The summed E-state index contributed by atoms with van der Waals surface area (Å²) in [7, 11) is 0. The fourth-order valence-corrected chi connectivity index (χ4v) is 4.37. The van der Waals surface area contributed by atoms with Gasteiger partial charge in [-0.15, -0.1) is 0 Å². The van der Waals surface area contributed by atoms with Gasteiger partial charge in [0.05, 0.1) is 0 Å². The minimum atomic E-state index is 0.192. The number of aromatic amines is 1. The summed E-state index contributed by atoms with van der Waals surface area (Å²) in [5.74, 6) is 0.876. The van der Waals surface area contributed by atoms with E-state index in [2.05, 4.69) is 35.9 Å². The number of nitrogens with one attached hydrogen (secondary N) is 1. The van der Waals surface area contributed by atoms with Crippen molar-refractivity contribution in [2.24, 2.45) is 5.92 Å². The zero-order valence-corrected chi connectivity index (χ0v) is 15.5. The number of hydrogen-bond donors (Lipinski definition) is 1. The first-order valence-electron chi connectivity index (χ1n) is 9.77. The number of aryl methyl sites for hydroxylation is 2. The zero-order chi connectivity index (χ0) is 17.4. The molecule has 2 aromatic rings. The molecule has 2 aliphatic rings. The lowest BCUT2D eigenvalue weighted by Gasteiger charge is -2.35. The Morgan fingerprint density at radius 2 is 1.88 bits per heavy atom. The Kier molecular flexibility index (Phi) is 4.55. The van der Waals surface area contributed by atoms with E-state index < -0.39 is 0 Å². The highest BCUT2D eigenvalue weighted by molar-refractivity contribution is 5.99. The molecule has 25 heavy (non-hydrogen) atoms. The Labute approximate surface area is 150 Å². The summed E-state index contributed by atoms with van der Waals surface area (Å²) in [6.45, 7) is 9.30. The highest BCUT2D eigenvalue weighted by atomic mass is 16.2. The summed E-state index contributed by atoms with van der Waals surface area (Å²) < 4.78 is 0. The van der Waals surface area contributed by atoms with Crippen LogP contribution in [0, 0.1) is 5.92 Å². The van der Waals surface area contributed by atoms with Gasteiger partial charge in [0, 0.05) is 54.9 Å². The third-order valence-electron chi connectivity index (χ3n) is 5.63. The van der Waals surface area contributed by atoms with Crippen LogP contribution in [-0.2, 0) is 12.8 Å². The van der Waals surface area contributed by atoms with Gasteiger partial charge in [0.25, 0.3) is 5.91 Å². The number of aromatic nitrogens is 1. The quantitative estimate of drug-likeness (QED) is 0.930. The number of carbonyl (C=O) groups is 1. The van der Waals surface area contributed by atoms with Crippen LogP contribution in [0.2, 0.25) is 0 Å². The molecule has 1 aromatic carbocycles. The van der Waals surface area contributed by atoms with Gasteiger partial charge in [-0.3, -0.25) is 9.69 Å². The van der Waals surface area contributed by atoms with E-state index in [-0.39, 0.29) is 5.91 Å². The molecule has 0 unspecified atom stereocenters. The first-order valence-corrected chi connectivity index (χ1v) is 9.77. The molecule has 1 amide bonds. The molecule has 1 aliphatic carbocycles. The van der Waals surface area contributed by atoms with Gasteiger partial charge < -0.3 is 9.88 Å². The minimum absolute atomic E-state index is 0.192. The molecular weight excluding hydrogens is 310 g/mol. The smallest absolute Gasteiger partial charge is 0.253 e. The standard InChI is InChI=1S/C21H29N3O/c1-15(2)14-23-9-11-24(12-10-23)21(25)16-7-8-20-18(13-16)17-5-3-4-6-19(17)22-20/h7-8,13,15,22H,3-6,9-12,14H2,1-2H3. The van der Waals surface area contributed by atoms with Crippen LogP contribution in [-0.4, -0.2) is 53.4 Å². The van der Waals surface area contributed by atoms with Crippen molar-refractivity contribution in [3.8, 4) is 0 Å². The van der Waals surface area contributed by atoms with Gasteiger partial charge >= 0.3 is 0 Å². The van der Waals surface area contributed by atoms with Crippen LogP contribution in [0.3, 0.4) is 0 Å². The predicted molar refractivity (Wildman–Crippen MR) is 102 cm³/mol. The van der Waals surface area contributed by atoms with Crippen molar-refractivity contribution in [1.82, 2.24) is 14.8 Å². The summed E-state index contributed by atoms with van der Waals surface area (Å²) in [4.78, 5) is 21.0. The minimum Gasteiger partial charge on any atom is -0.358 e. The van der Waals surface area contributed by atoms with Crippen molar-refractivity contribution in [1.29, 1.82) is 0 Å². The van der Waals surface area contributed by atoms with Gasteiger partial charge in [0.15, 0.2) is 0 Å². The average molecular weight is 339 g/mol. The van der Waals surface area contributed by atoms with Gasteiger partial charge in [-0.25, -0.2) is 0 Å². The number of rotatable bonds is 3. The Hall–Kier alpha value is -1.81. The molecule has 0 spiro atoms. The van der Waals surface area contributed by atoms with E-state index in [4.69, 9.17) is 0 Å². The normalized spacial score (nSPS) is 18.8. The Bertz CT molecular complexity index is 769. The van der Waals surface area contributed by atoms with E-state index in [9.17, 15) is 4.79 Å². The molecule has 1 aromatic heterocycles. The van der Waals surface area contributed by atoms with Crippen molar-refractivity contribution in [3.05, 3.63) is 35.0 Å². The van der Waals surface area contributed by atoms with Gasteiger partial charge in [-0.1, -0.05) is 13.8 Å². The van der Waals surface area contributed by atoms with Crippen LogP contribution in [0.4, 0.5) is 0 Å². The van der Waals surface area contributed by atoms with E-state index in [1.165, 1.54) is 35.0 Å². The lowest BCUT2D eigenvalue weighted by atomic mass is 9.95. The summed E-state index contributed by atoms with van der Waals surface area (Å²) >= 11 is 0. The third-order valence-corrected chi connectivity index (χ3v) is 5.63. The first kappa shape index (κ1) is 16.6. The number of piperazine rings is 1. The van der Waals surface area contributed by atoms with Crippen LogP contribution in [0.1, 0.15) is 48.3 Å². The lowest BCUT2D eigenvalue weighted by molar-refractivity contribution is 0.0624. The number of carbonyl (C=O) groups excluding carboxylic acids is 1. The molecular formula is C21H29N3O. The number of nitrogens with zero attached hydrogens (tertiary/aromatic N) is 2. The van der Waals surface area contributed by atoms with Gasteiger partial charge in [0.2, 0.25) is 0 Å². The molecule has 4 rings (SSSR count). The summed E-state index contributed by atoms with van der Waals surface area (Å²) in [5.41, 5.74) is 4.85. The number of benzene rings is 1. The molecule has 1 saturated heterocycles. The monoisotopic (exact) mass is 339 g/mol. The fraction of sp³-hybridized carbons (Fsp3) is 0.571. The van der Waals surface area contributed by atoms with Crippen LogP contribution in [0.25, 0.3) is 10.9 Å². The molecule has 4 nitrogen and oxygen atoms in total. The average Bonchev–Trinajstić information content (AvgIpc) is 2.99. The number of H-pyrrole nitrogens is 1. The maximum atomic E-state index is 13.0. The lowest BCUT2D eigenvalue weighted by Crippen LogP contribution is -2.49. The van der Waals surface area contributed by atoms with Crippen LogP contribution in [0.15, 0.2) is 18.2 Å². The van der Waals surface area contributed by atoms with E-state index in [0.717, 1.165) is 51.1 Å². The van der Waals surface area contributed by atoms with E-state index >= 15 is 0 Å². The molecule has 1 N–H and O–H groups in total. The van der Waals surface area contributed by atoms with Crippen LogP contribution < -0.4 is 0 Å². The molecule has 4 heteroatoms. The Morgan fingerprint density at radius 1 is 1.12 bits per heavy atom. The van der Waals surface area contributed by atoms with Crippen molar-refractivity contribution < 1.29 is 4.79 Å². The van der Waals surface area contributed by atoms with Gasteiger partial charge in [-0.2, -0.15) is 0 Å². The fourth-order valence-electron chi connectivity index (χ4n) is 4.37. The molecule has 2 heterocycles.